The summed E-state index contributed by atoms with van der Waals surface area (Å²) in [5, 5.41) is 0. The van der Waals surface area contributed by atoms with Crippen molar-refractivity contribution >= 4 is 0 Å². The maximum atomic E-state index is 0. The normalized spacial score (nSPS) is 0. The minimum Gasteiger partial charge on any atom is -1.00 e. The fourth-order valence-electron chi connectivity index (χ4n) is 0. The molecule has 0 amide bonds. The molecule has 0 unspecified atom stereocenters. The molecule has 0 aromatic rings. The van der Waals surface area contributed by atoms with Crippen LogP contribution in [0.3, 0.4) is 0 Å². The van der Waals surface area contributed by atoms with Crippen LogP contribution < -0.4 is 14.1 Å². The van der Waals surface area contributed by atoms with Gasteiger partial charge in [-0.2, -0.15) is 0 Å². The van der Waals surface area contributed by atoms with Gasteiger partial charge in [0.1, 0.15) is 0 Å². The smallest absolute Gasteiger partial charge is 1.00 e. The molecule has 0 atom stereocenters. The molecular formula is F3Nb-. The molecular weight excluding hydrogens is 150 g/mol. The fraction of sp³-hybridized carbons (Fsp3) is 0. The first kappa shape index (κ1) is 201. The molecule has 0 rings (SSSR count). The summed E-state index contributed by atoms with van der Waals surface area (Å²) in [5.74, 6) is 0. The SMILES string of the molecule is [F-].[F-].[F-].[Nb+2]. The Bertz CT molecular complexity index is 3.25. The van der Waals surface area contributed by atoms with Crippen LogP contribution in [0.4, 0.5) is 0 Å². The Morgan fingerprint density at radius 2 is 0.500 bits per heavy atom. The summed E-state index contributed by atoms with van der Waals surface area (Å²) in [4.78, 5) is 0. The molecule has 4 heteroatoms. The van der Waals surface area contributed by atoms with Gasteiger partial charge in [0, 0.05) is 0 Å². The van der Waals surface area contributed by atoms with Crippen LogP contribution in [0.15, 0.2) is 0 Å². The van der Waals surface area contributed by atoms with Gasteiger partial charge in [-0.1, -0.05) is 0 Å². The Kier molecular flexibility index (Phi) is 4040. The van der Waals surface area contributed by atoms with Crippen molar-refractivity contribution in [2.45, 2.75) is 0 Å². The van der Waals surface area contributed by atoms with Crippen LogP contribution in [0, 0.1) is 0 Å². The minimum absolute atomic E-state index is 0. The first-order valence-corrected chi connectivity index (χ1v) is 0. The molecule has 0 aliphatic carbocycles. The van der Waals surface area contributed by atoms with Crippen LogP contribution >= 0.6 is 0 Å². The Balaban J connectivity index is 0. The van der Waals surface area contributed by atoms with Crippen LogP contribution in [0.5, 0.6) is 0 Å². The van der Waals surface area contributed by atoms with E-state index in [4.69, 9.17) is 0 Å². The zero-order valence-electron chi connectivity index (χ0n) is 1.58. The molecule has 0 saturated heterocycles. The molecule has 0 saturated carbocycles. The molecule has 4 heavy (non-hydrogen) atoms. The second-order valence-electron chi connectivity index (χ2n) is 0. The molecule has 0 aliphatic heterocycles. The molecule has 0 heterocycles. The van der Waals surface area contributed by atoms with Gasteiger partial charge in [0.25, 0.3) is 0 Å². The number of rotatable bonds is 0. The third-order valence-corrected chi connectivity index (χ3v) is 0. The maximum absolute atomic E-state index is 0. The monoisotopic (exact) mass is 150 g/mol. The molecule has 0 spiro atoms. The molecule has 0 aliphatic rings. The van der Waals surface area contributed by atoms with E-state index in [1.807, 2.05) is 0 Å². The largest absolute Gasteiger partial charge is 2.00 e. The van der Waals surface area contributed by atoms with Crippen molar-refractivity contribution in [2.75, 3.05) is 0 Å². The van der Waals surface area contributed by atoms with Crippen molar-refractivity contribution in [1.82, 2.24) is 0 Å². The average Bonchev–Trinajstić information content (AvgIpc) is 0. The second-order valence-corrected chi connectivity index (χ2v) is 0. The summed E-state index contributed by atoms with van der Waals surface area (Å²) in [6.07, 6.45) is 0. The molecule has 0 nitrogen and oxygen atoms in total. The van der Waals surface area contributed by atoms with Gasteiger partial charge in [0.05, 0.1) is 0 Å². The van der Waals surface area contributed by atoms with E-state index in [2.05, 4.69) is 0 Å². The van der Waals surface area contributed by atoms with Crippen molar-refractivity contribution < 1.29 is 36.5 Å². The van der Waals surface area contributed by atoms with Gasteiger partial charge in [-0.25, -0.2) is 0 Å². The van der Waals surface area contributed by atoms with Crippen LogP contribution in [0.2, 0.25) is 0 Å². The van der Waals surface area contributed by atoms with E-state index in [0.29, 0.717) is 0 Å². The number of hydrogen-bond acceptors (Lipinski definition) is 0. The minimum atomic E-state index is 0. The molecule has 1 radical (unpaired) electrons. The van der Waals surface area contributed by atoms with Gasteiger partial charge in [-0.3, -0.25) is 0 Å². The molecule has 0 bridgehead atoms. The predicted octanol–water partition coefficient (Wildman–Crippen LogP) is -8.99. The van der Waals surface area contributed by atoms with Crippen molar-refractivity contribution in [1.29, 1.82) is 0 Å². The molecule has 0 aromatic carbocycles. The van der Waals surface area contributed by atoms with Crippen molar-refractivity contribution in [2.24, 2.45) is 0 Å². The quantitative estimate of drug-likeness (QED) is 0.301. The van der Waals surface area contributed by atoms with Gasteiger partial charge in [0.2, 0.25) is 0 Å². The predicted molar refractivity (Wildman–Crippen MR) is 0 cm³/mol. The zero-order valence-corrected chi connectivity index (χ0v) is 3.78. The Morgan fingerprint density at radius 1 is 0.500 bits per heavy atom. The van der Waals surface area contributed by atoms with Gasteiger partial charge in [0.15, 0.2) is 0 Å². The number of hydrogen-bond donors (Lipinski definition) is 0. The van der Waals surface area contributed by atoms with Gasteiger partial charge in [-0.05, 0) is 0 Å². The summed E-state index contributed by atoms with van der Waals surface area (Å²) in [7, 11) is 0. The average molecular weight is 150 g/mol. The third kappa shape index (κ3) is 21.1. The topological polar surface area (TPSA) is 0 Å². The second kappa shape index (κ2) is 80.4. The van der Waals surface area contributed by atoms with Crippen LogP contribution in [0.1, 0.15) is 0 Å². The van der Waals surface area contributed by atoms with Gasteiger partial charge in [-0.15, -0.1) is 0 Å². The summed E-state index contributed by atoms with van der Waals surface area (Å²) < 4.78 is 0. The zero-order chi connectivity index (χ0) is 0. The summed E-state index contributed by atoms with van der Waals surface area (Å²) in [6, 6.07) is 0. The van der Waals surface area contributed by atoms with E-state index in [-0.39, 0.29) is 36.5 Å². The summed E-state index contributed by atoms with van der Waals surface area (Å²) in [6.45, 7) is 0. The standard InChI is InChI=1S/3FH.Nb/h3*1H;/q;;;+2/p-3. The molecule has 0 N–H and O–H groups in total. The van der Waals surface area contributed by atoms with E-state index in [1.54, 1.807) is 0 Å². The van der Waals surface area contributed by atoms with E-state index in [9.17, 15) is 0 Å². The maximum Gasteiger partial charge on any atom is 2.00 e. The molecule has 0 aromatic heterocycles. The Labute approximate surface area is 37.2 Å². The Hall–Kier alpha value is 0.530. The van der Waals surface area contributed by atoms with Gasteiger partial charge < -0.3 is 14.1 Å². The van der Waals surface area contributed by atoms with E-state index in [0.717, 1.165) is 0 Å². The molecule has 27 valence electrons. The van der Waals surface area contributed by atoms with Crippen molar-refractivity contribution in [3.8, 4) is 0 Å². The summed E-state index contributed by atoms with van der Waals surface area (Å²) >= 11 is 0. The van der Waals surface area contributed by atoms with Gasteiger partial charge >= 0.3 is 22.4 Å². The third-order valence-electron chi connectivity index (χ3n) is 0. The first-order chi connectivity index (χ1) is 0. The molecule has 0 fully saturated rings. The Morgan fingerprint density at radius 3 is 0.500 bits per heavy atom. The van der Waals surface area contributed by atoms with E-state index >= 15 is 0 Å². The number of halogens is 3. The fourth-order valence-corrected chi connectivity index (χ4v) is 0. The van der Waals surface area contributed by atoms with Crippen molar-refractivity contribution in [3.05, 3.63) is 0 Å². The van der Waals surface area contributed by atoms with Crippen LogP contribution in [-0.2, 0) is 22.4 Å². The first-order valence-electron chi connectivity index (χ1n) is 0. The van der Waals surface area contributed by atoms with Crippen LogP contribution in [0.25, 0.3) is 0 Å². The van der Waals surface area contributed by atoms with Crippen molar-refractivity contribution in [3.63, 3.8) is 0 Å². The summed E-state index contributed by atoms with van der Waals surface area (Å²) in [5.41, 5.74) is 0. The van der Waals surface area contributed by atoms with E-state index < -0.39 is 0 Å². The van der Waals surface area contributed by atoms with E-state index in [1.165, 1.54) is 0 Å². The van der Waals surface area contributed by atoms with Crippen LogP contribution in [-0.4, -0.2) is 0 Å².